The van der Waals surface area contributed by atoms with Gasteiger partial charge in [0.2, 0.25) is 0 Å². The van der Waals surface area contributed by atoms with Crippen molar-refractivity contribution in [1.82, 2.24) is 0 Å². The normalized spacial score (nSPS) is 11.6. The Morgan fingerprint density at radius 1 is 0.619 bits per heavy atom. The van der Waals surface area contributed by atoms with E-state index in [0.717, 1.165) is 0 Å². The third-order valence-corrected chi connectivity index (χ3v) is 6.22. The predicted molar refractivity (Wildman–Crippen MR) is 94.8 cm³/mol. The van der Waals surface area contributed by atoms with Crippen LogP contribution < -0.4 is 0 Å². The molecule has 0 aliphatic heterocycles. The summed E-state index contributed by atoms with van der Waals surface area (Å²) in [5.74, 6) is 0. The van der Waals surface area contributed by atoms with Gasteiger partial charge in [-0.1, -0.05) is 71.1 Å². The SMILES string of the molecule is CCCCCCCCCCC[CH2][Al]([O]C(C)C)[O]C(C)C. The molecule has 3 heteroatoms. The van der Waals surface area contributed by atoms with E-state index in [1.54, 1.807) is 0 Å². The summed E-state index contributed by atoms with van der Waals surface area (Å²) in [6, 6.07) is 0. The number of hydrogen-bond acceptors (Lipinski definition) is 2. The van der Waals surface area contributed by atoms with E-state index >= 15 is 0 Å². The smallest absolute Gasteiger partial charge is 0.476 e. The number of rotatable bonds is 15. The fourth-order valence-electron chi connectivity index (χ4n) is 2.57. The Kier molecular flexibility index (Phi) is 15.7. The number of unbranched alkanes of at least 4 members (excludes halogenated alkanes) is 9. The number of hydrogen-bond donors (Lipinski definition) is 0. The van der Waals surface area contributed by atoms with Crippen LogP contribution in [0.1, 0.15) is 98.8 Å². The van der Waals surface area contributed by atoms with Crippen LogP contribution in [0.4, 0.5) is 0 Å². The van der Waals surface area contributed by atoms with E-state index in [1.807, 2.05) is 0 Å². The second-order valence-corrected chi connectivity index (χ2v) is 8.75. The van der Waals surface area contributed by atoms with Gasteiger partial charge in [-0.2, -0.15) is 0 Å². The zero-order valence-electron chi connectivity index (χ0n) is 15.3. The minimum atomic E-state index is -1.43. The molecule has 0 aromatic rings. The minimum absolute atomic E-state index is 0.309. The van der Waals surface area contributed by atoms with Gasteiger partial charge in [0.25, 0.3) is 0 Å². The van der Waals surface area contributed by atoms with Gasteiger partial charge in [0.05, 0.1) is 0 Å². The molecule has 0 aromatic carbocycles. The standard InChI is InChI=1S/C12H25.2C3H7O.Al/c1-3-5-7-9-11-12-10-8-6-4-2;2*1-3(2)4;/h1,3-12H2,2H3;2*3H,1-2H3;/q;2*-1;+2. The third-order valence-electron chi connectivity index (χ3n) is 3.64. The first-order chi connectivity index (χ1) is 10.1. The van der Waals surface area contributed by atoms with Crippen LogP contribution in [0.25, 0.3) is 0 Å². The highest BCUT2D eigenvalue weighted by Gasteiger charge is 2.26. The summed E-state index contributed by atoms with van der Waals surface area (Å²) in [6.07, 6.45) is 14.5. The predicted octanol–water partition coefficient (Wildman–Crippen LogP) is 6.25. The van der Waals surface area contributed by atoms with E-state index in [9.17, 15) is 0 Å². The molecule has 0 unspecified atom stereocenters. The fourth-order valence-corrected chi connectivity index (χ4v) is 4.75. The molecule has 0 aliphatic rings. The summed E-state index contributed by atoms with van der Waals surface area (Å²) in [7, 11) is 0. The topological polar surface area (TPSA) is 18.5 Å². The molecule has 0 radical (unpaired) electrons. The largest absolute Gasteiger partial charge is 0.674 e. The van der Waals surface area contributed by atoms with Crippen molar-refractivity contribution in [2.75, 3.05) is 0 Å². The molecule has 0 amide bonds. The van der Waals surface area contributed by atoms with Crippen molar-refractivity contribution in [3.8, 4) is 0 Å². The van der Waals surface area contributed by atoms with Crippen molar-refractivity contribution >= 4 is 14.8 Å². The van der Waals surface area contributed by atoms with Crippen LogP contribution in [0.3, 0.4) is 0 Å². The van der Waals surface area contributed by atoms with E-state index in [0.29, 0.717) is 12.2 Å². The maximum atomic E-state index is 5.96. The van der Waals surface area contributed by atoms with Crippen molar-refractivity contribution in [3.05, 3.63) is 0 Å². The van der Waals surface area contributed by atoms with Crippen LogP contribution in [0.15, 0.2) is 0 Å². The van der Waals surface area contributed by atoms with Gasteiger partial charge in [0, 0.05) is 12.2 Å². The van der Waals surface area contributed by atoms with Crippen LogP contribution in [0, 0.1) is 0 Å². The summed E-state index contributed by atoms with van der Waals surface area (Å²) in [4.78, 5) is 0. The Morgan fingerprint density at radius 2 is 1.00 bits per heavy atom. The lowest BCUT2D eigenvalue weighted by Gasteiger charge is -2.18. The Balaban J connectivity index is 3.44. The summed E-state index contributed by atoms with van der Waals surface area (Å²) in [5.41, 5.74) is 0. The molecule has 0 N–H and O–H groups in total. The lowest BCUT2D eigenvalue weighted by atomic mass is 10.1. The van der Waals surface area contributed by atoms with Gasteiger partial charge in [0.15, 0.2) is 0 Å². The van der Waals surface area contributed by atoms with E-state index in [2.05, 4.69) is 34.6 Å². The van der Waals surface area contributed by atoms with Gasteiger partial charge in [-0.25, -0.2) is 0 Å². The molecule has 0 saturated heterocycles. The lowest BCUT2D eigenvalue weighted by molar-refractivity contribution is 0.129. The van der Waals surface area contributed by atoms with E-state index in [-0.39, 0.29) is 0 Å². The van der Waals surface area contributed by atoms with Crippen molar-refractivity contribution in [2.24, 2.45) is 0 Å². The zero-order chi connectivity index (χ0) is 15.9. The second-order valence-electron chi connectivity index (χ2n) is 6.77. The van der Waals surface area contributed by atoms with Crippen LogP contribution >= 0.6 is 0 Å². The zero-order valence-corrected chi connectivity index (χ0v) is 16.5. The first-order valence-corrected chi connectivity index (χ1v) is 11.1. The van der Waals surface area contributed by atoms with Crippen molar-refractivity contribution in [2.45, 2.75) is 116 Å². The van der Waals surface area contributed by atoms with E-state index < -0.39 is 14.8 Å². The molecule has 0 rings (SSSR count). The summed E-state index contributed by atoms with van der Waals surface area (Å²) in [6.45, 7) is 10.7. The molecule has 0 saturated carbocycles. The molecular weight excluding hydrogens is 275 g/mol. The maximum Gasteiger partial charge on any atom is 0.674 e. The van der Waals surface area contributed by atoms with Gasteiger partial charge < -0.3 is 7.58 Å². The lowest BCUT2D eigenvalue weighted by Crippen LogP contribution is -2.29. The molecule has 0 bridgehead atoms. The van der Waals surface area contributed by atoms with Gasteiger partial charge >= 0.3 is 14.8 Å². The fraction of sp³-hybridized carbons (Fsp3) is 1.00. The molecule has 0 fully saturated rings. The van der Waals surface area contributed by atoms with Crippen LogP contribution in [-0.4, -0.2) is 27.0 Å². The summed E-state index contributed by atoms with van der Waals surface area (Å²) in [5, 5.41) is 1.17. The van der Waals surface area contributed by atoms with Crippen molar-refractivity contribution < 1.29 is 7.58 Å². The highest BCUT2D eigenvalue weighted by Crippen LogP contribution is 2.14. The first-order valence-electron chi connectivity index (χ1n) is 9.37. The van der Waals surface area contributed by atoms with Crippen molar-refractivity contribution in [3.63, 3.8) is 0 Å². The van der Waals surface area contributed by atoms with Crippen LogP contribution in [0.5, 0.6) is 0 Å². The minimum Gasteiger partial charge on any atom is -0.476 e. The van der Waals surface area contributed by atoms with Gasteiger partial charge in [-0.3, -0.25) is 0 Å². The quantitative estimate of drug-likeness (QED) is 0.263. The Hall–Kier alpha value is 0.452. The molecule has 2 nitrogen and oxygen atoms in total. The van der Waals surface area contributed by atoms with Crippen LogP contribution in [0.2, 0.25) is 5.28 Å². The van der Waals surface area contributed by atoms with Crippen LogP contribution in [-0.2, 0) is 7.58 Å². The molecule has 0 atom stereocenters. The monoisotopic (exact) mass is 314 g/mol. The van der Waals surface area contributed by atoms with E-state index in [4.69, 9.17) is 7.58 Å². The Bertz CT molecular complexity index is 197. The van der Waals surface area contributed by atoms with Gasteiger partial charge in [0.1, 0.15) is 0 Å². The summed E-state index contributed by atoms with van der Waals surface area (Å²) >= 11 is -1.43. The average Bonchev–Trinajstić information content (AvgIpc) is 2.39. The molecule has 21 heavy (non-hydrogen) atoms. The average molecular weight is 314 g/mol. The maximum absolute atomic E-state index is 5.96. The van der Waals surface area contributed by atoms with Gasteiger partial charge in [-0.05, 0) is 33.0 Å². The highest BCUT2D eigenvalue weighted by molar-refractivity contribution is 6.44. The molecule has 0 aromatic heterocycles. The second kappa shape index (κ2) is 15.4. The van der Waals surface area contributed by atoms with E-state index in [1.165, 1.54) is 69.5 Å². The third kappa shape index (κ3) is 16.6. The molecule has 0 spiro atoms. The highest BCUT2D eigenvalue weighted by atomic mass is 27.2. The molecule has 126 valence electrons. The van der Waals surface area contributed by atoms with Crippen molar-refractivity contribution in [1.29, 1.82) is 0 Å². The molecule has 0 aliphatic carbocycles. The summed E-state index contributed by atoms with van der Waals surface area (Å²) < 4.78 is 11.9. The first kappa shape index (κ1) is 21.5. The molecule has 0 heterocycles. The molecular formula is C18H39AlO2. The Labute approximate surface area is 139 Å². The Morgan fingerprint density at radius 3 is 1.38 bits per heavy atom. The van der Waals surface area contributed by atoms with Gasteiger partial charge in [-0.15, -0.1) is 0 Å².